The maximum Gasteiger partial charge on any atom is 0.425 e. The summed E-state index contributed by atoms with van der Waals surface area (Å²) in [5.74, 6) is 2.32. The highest BCUT2D eigenvalue weighted by Gasteiger charge is 2.42. The first kappa shape index (κ1) is 15.2. The van der Waals surface area contributed by atoms with Crippen LogP contribution in [0.5, 0.6) is 0 Å². The van der Waals surface area contributed by atoms with Gasteiger partial charge in [0.2, 0.25) is 0 Å². The van der Waals surface area contributed by atoms with Crippen LogP contribution < -0.4 is 0 Å². The quantitative estimate of drug-likeness (QED) is 0.792. The zero-order chi connectivity index (χ0) is 16.4. The molecule has 2 heterocycles. The molecule has 2 aliphatic rings. The zero-order valence-electron chi connectivity index (χ0n) is 13.0. The molecule has 0 radical (unpaired) electrons. The average molecular weight is 341 g/mol. The van der Waals surface area contributed by atoms with E-state index in [-0.39, 0.29) is 0 Å². The first-order chi connectivity index (χ1) is 10.8. The molecule has 0 spiro atoms. The third-order valence-electron chi connectivity index (χ3n) is 4.64. The molecule has 0 saturated heterocycles. The summed E-state index contributed by atoms with van der Waals surface area (Å²) < 4.78 is 40.9. The summed E-state index contributed by atoms with van der Waals surface area (Å²) in [5.41, 5.74) is -0.573. The van der Waals surface area contributed by atoms with Gasteiger partial charge in [-0.05, 0) is 51.7 Å². The third kappa shape index (κ3) is 2.58. The lowest BCUT2D eigenvalue weighted by atomic mass is 9.90. The minimum Gasteiger partial charge on any atom is -0.311 e. The van der Waals surface area contributed by atoms with Crippen molar-refractivity contribution in [3.05, 3.63) is 33.5 Å². The number of halogens is 3. The van der Waals surface area contributed by atoms with Gasteiger partial charge in [0, 0.05) is 16.8 Å². The van der Waals surface area contributed by atoms with Crippen LogP contribution in [0.4, 0.5) is 13.2 Å². The SMILES string of the molecule is CC(C)(c1ccc(C(F)(F)F)s1)c1nnc(C2CC2)n1C1CC1. The Bertz CT molecular complexity index is 736. The zero-order valence-corrected chi connectivity index (χ0v) is 13.8. The van der Waals surface area contributed by atoms with Gasteiger partial charge in [0.05, 0.1) is 5.41 Å². The Balaban J connectivity index is 1.75. The topological polar surface area (TPSA) is 30.7 Å². The van der Waals surface area contributed by atoms with E-state index in [1.54, 1.807) is 6.07 Å². The number of thiophene rings is 1. The molecule has 2 aliphatic carbocycles. The number of nitrogens with zero attached hydrogens (tertiary/aromatic N) is 3. The van der Waals surface area contributed by atoms with Crippen LogP contribution >= 0.6 is 11.3 Å². The van der Waals surface area contributed by atoms with Gasteiger partial charge in [-0.3, -0.25) is 0 Å². The molecule has 0 amide bonds. The molecule has 0 bridgehead atoms. The van der Waals surface area contributed by atoms with Crippen molar-refractivity contribution in [1.82, 2.24) is 14.8 Å². The van der Waals surface area contributed by atoms with E-state index in [2.05, 4.69) is 14.8 Å². The molecular weight excluding hydrogens is 323 g/mol. The van der Waals surface area contributed by atoms with Crippen LogP contribution in [0.25, 0.3) is 0 Å². The molecular formula is C16H18F3N3S. The van der Waals surface area contributed by atoms with Gasteiger partial charge in [-0.25, -0.2) is 0 Å². The molecule has 124 valence electrons. The number of alkyl halides is 3. The van der Waals surface area contributed by atoms with Crippen LogP contribution in [0.3, 0.4) is 0 Å². The van der Waals surface area contributed by atoms with E-state index in [9.17, 15) is 13.2 Å². The highest BCUT2D eigenvalue weighted by atomic mass is 32.1. The molecule has 2 aromatic heterocycles. The van der Waals surface area contributed by atoms with Gasteiger partial charge in [0.1, 0.15) is 16.5 Å². The first-order valence-corrected chi connectivity index (χ1v) is 8.73. The fourth-order valence-corrected chi connectivity index (χ4v) is 3.95. The molecule has 0 aliphatic heterocycles. The third-order valence-corrected chi connectivity index (χ3v) is 6.09. The van der Waals surface area contributed by atoms with E-state index < -0.39 is 16.5 Å². The molecule has 2 aromatic rings. The standard InChI is InChI=1S/C16H18F3N3S/c1-15(2,11-7-8-12(23-11)16(17,18)19)14-21-20-13(9-3-4-9)22(14)10-5-6-10/h7-10H,3-6H2,1-2H3. The summed E-state index contributed by atoms with van der Waals surface area (Å²) in [7, 11) is 0. The molecule has 2 saturated carbocycles. The smallest absolute Gasteiger partial charge is 0.311 e. The lowest BCUT2D eigenvalue weighted by Gasteiger charge is -2.24. The number of rotatable bonds is 4. The van der Waals surface area contributed by atoms with Crippen molar-refractivity contribution in [2.24, 2.45) is 0 Å². The van der Waals surface area contributed by atoms with Crippen LogP contribution in [0.1, 0.15) is 72.9 Å². The van der Waals surface area contributed by atoms with E-state index in [1.807, 2.05) is 13.8 Å². The average Bonchev–Trinajstić information content (AvgIpc) is 3.39. The molecule has 23 heavy (non-hydrogen) atoms. The van der Waals surface area contributed by atoms with Gasteiger partial charge in [-0.1, -0.05) is 0 Å². The molecule has 3 nitrogen and oxygen atoms in total. The Morgan fingerprint density at radius 1 is 1.04 bits per heavy atom. The predicted octanol–water partition coefficient (Wildman–Crippen LogP) is 4.90. The Labute approximate surface area is 136 Å². The maximum atomic E-state index is 12.9. The largest absolute Gasteiger partial charge is 0.425 e. The molecule has 0 N–H and O–H groups in total. The van der Waals surface area contributed by atoms with Crippen LogP contribution in [0, 0.1) is 0 Å². The van der Waals surface area contributed by atoms with Crippen molar-refractivity contribution in [2.45, 2.75) is 63.1 Å². The summed E-state index contributed by atoms with van der Waals surface area (Å²) in [6, 6.07) is 3.18. The van der Waals surface area contributed by atoms with Crippen LogP contribution in [0.2, 0.25) is 0 Å². The minimum absolute atomic E-state index is 0.428. The van der Waals surface area contributed by atoms with E-state index in [4.69, 9.17) is 0 Å². The fourth-order valence-electron chi connectivity index (χ4n) is 2.98. The van der Waals surface area contributed by atoms with Crippen LogP contribution in [-0.4, -0.2) is 14.8 Å². The Hall–Kier alpha value is -1.37. The first-order valence-electron chi connectivity index (χ1n) is 7.91. The van der Waals surface area contributed by atoms with Crippen LogP contribution in [-0.2, 0) is 11.6 Å². The van der Waals surface area contributed by atoms with Gasteiger partial charge in [0.15, 0.2) is 0 Å². The van der Waals surface area contributed by atoms with Crippen molar-refractivity contribution in [1.29, 1.82) is 0 Å². The van der Waals surface area contributed by atoms with Gasteiger partial charge in [0.25, 0.3) is 0 Å². The van der Waals surface area contributed by atoms with Gasteiger partial charge in [-0.15, -0.1) is 21.5 Å². The van der Waals surface area contributed by atoms with Crippen molar-refractivity contribution >= 4 is 11.3 Å². The maximum absolute atomic E-state index is 12.9. The summed E-state index contributed by atoms with van der Waals surface area (Å²) in [6.45, 7) is 3.89. The summed E-state index contributed by atoms with van der Waals surface area (Å²) in [6.07, 6.45) is 0.214. The van der Waals surface area contributed by atoms with Gasteiger partial charge < -0.3 is 4.57 Å². The second-order valence-corrected chi connectivity index (χ2v) is 8.13. The number of aromatic nitrogens is 3. The highest BCUT2D eigenvalue weighted by Crippen LogP contribution is 2.48. The minimum atomic E-state index is -4.29. The van der Waals surface area contributed by atoms with Crippen molar-refractivity contribution in [3.63, 3.8) is 0 Å². The van der Waals surface area contributed by atoms with Crippen molar-refractivity contribution < 1.29 is 13.2 Å². The summed E-state index contributed by atoms with van der Waals surface area (Å²) >= 11 is 0.810. The molecule has 7 heteroatoms. The predicted molar refractivity (Wildman–Crippen MR) is 81.7 cm³/mol. The van der Waals surface area contributed by atoms with Crippen molar-refractivity contribution in [2.75, 3.05) is 0 Å². The summed E-state index contributed by atoms with van der Waals surface area (Å²) in [4.78, 5) is 0.127. The lowest BCUT2D eigenvalue weighted by Crippen LogP contribution is -2.24. The summed E-state index contributed by atoms with van der Waals surface area (Å²) in [5, 5.41) is 8.78. The fraction of sp³-hybridized carbons (Fsp3) is 0.625. The van der Waals surface area contributed by atoms with E-state index in [0.29, 0.717) is 16.8 Å². The lowest BCUT2D eigenvalue weighted by molar-refractivity contribution is -0.134. The second kappa shape index (κ2) is 4.82. The Morgan fingerprint density at radius 3 is 2.22 bits per heavy atom. The second-order valence-electron chi connectivity index (χ2n) is 7.04. The molecule has 0 unspecified atom stereocenters. The normalized spacial score (nSPS) is 19.3. The molecule has 2 fully saturated rings. The molecule has 0 atom stereocenters. The molecule has 0 aromatic carbocycles. The van der Waals surface area contributed by atoms with Crippen LogP contribution in [0.15, 0.2) is 12.1 Å². The van der Waals surface area contributed by atoms with E-state index in [1.165, 1.54) is 6.07 Å². The van der Waals surface area contributed by atoms with E-state index >= 15 is 0 Å². The highest BCUT2D eigenvalue weighted by molar-refractivity contribution is 7.12. The van der Waals surface area contributed by atoms with Gasteiger partial charge >= 0.3 is 6.18 Å². The Kier molecular flexibility index (Phi) is 3.18. The Morgan fingerprint density at radius 2 is 1.70 bits per heavy atom. The molecule has 4 rings (SSSR count). The monoisotopic (exact) mass is 341 g/mol. The number of hydrogen-bond acceptors (Lipinski definition) is 3. The van der Waals surface area contributed by atoms with Crippen molar-refractivity contribution in [3.8, 4) is 0 Å². The van der Waals surface area contributed by atoms with E-state index in [0.717, 1.165) is 48.7 Å². The van der Waals surface area contributed by atoms with Gasteiger partial charge in [-0.2, -0.15) is 13.2 Å². The number of hydrogen-bond donors (Lipinski definition) is 0.